The zero-order valence-electron chi connectivity index (χ0n) is 13.1. The SMILES string of the molecule is CCC(OC(=O)c1ccc(N)cc1)C(=O)Nc1ncccc1C. The number of hydrogen-bond donors (Lipinski definition) is 2. The number of nitrogens with zero attached hydrogens (tertiary/aromatic N) is 1. The quantitative estimate of drug-likeness (QED) is 0.653. The molecule has 23 heavy (non-hydrogen) atoms. The van der Waals surface area contributed by atoms with Crippen molar-refractivity contribution in [2.75, 3.05) is 11.1 Å². The Hall–Kier alpha value is -2.89. The lowest BCUT2D eigenvalue weighted by Crippen LogP contribution is -2.32. The molecule has 1 aromatic heterocycles. The largest absolute Gasteiger partial charge is 0.449 e. The van der Waals surface area contributed by atoms with Crippen molar-refractivity contribution in [2.45, 2.75) is 26.4 Å². The Morgan fingerprint density at radius 3 is 2.57 bits per heavy atom. The van der Waals surface area contributed by atoms with Gasteiger partial charge in [-0.3, -0.25) is 4.79 Å². The Kier molecular flexibility index (Phi) is 5.30. The van der Waals surface area contributed by atoms with Crippen LogP contribution in [-0.4, -0.2) is 23.0 Å². The second-order valence-electron chi connectivity index (χ2n) is 5.08. The number of hydrogen-bond acceptors (Lipinski definition) is 5. The van der Waals surface area contributed by atoms with Crippen LogP contribution in [0.2, 0.25) is 0 Å². The Labute approximate surface area is 134 Å². The van der Waals surface area contributed by atoms with E-state index in [9.17, 15) is 9.59 Å². The average Bonchev–Trinajstić information content (AvgIpc) is 2.55. The summed E-state index contributed by atoms with van der Waals surface area (Å²) >= 11 is 0. The number of rotatable bonds is 5. The zero-order valence-corrected chi connectivity index (χ0v) is 13.1. The molecule has 0 spiro atoms. The molecule has 2 aromatic rings. The number of nitrogens with one attached hydrogen (secondary N) is 1. The van der Waals surface area contributed by atoms with Crippen LogP contribution in [0, 0.1) is 6.92 Å². The zero-order chi connectivity index (χ0) is 16.8. The van der Waals surface area contributed by atoms with E-state index in [2.05, 4.69) is 10.3 Å². The molecule has 0 saturated carbocycles. The Bertz CT molecular complexity index is 698. The molecule has 0 radical (unpaired) electrons. The Morgan fingerprint density at radius 2 is 1.96 bits per heavy atom. The summed E-state index contributed by atoms with van der Waals surface area (Å²) in [6.07, 6.45) is 1.06. The number of carbonyl (C=O) groups is 2. The molecule has 0 fully saturated rings. The predicted molar refractivity (Wildman–Crippen MR) is 88.0 cm³/mol. The van der Waals surface area contributed by atoms with Gasteiger partial charge in [0, 0.05) is 11.9 Å². The van der Waals surface area contributed by atoms with Crippen LogP contribution < -0.4 is 11.1 Å². The van der Waals surface area contributed by atoms with Gasteiger partial charge in [0.15, 0.2) is 6.10 Å². The maximum Gasteiger partial charge on any atom is 0.338 e. The molecule has 6 heteroatoms. The van der Waals surface area contributed by atoms with Crippen LogP contribution in [0.5, 0.6) is 0 Å². The highest BCUT2D eigenvalue weighted by molar-refractivity contribution is 5.97. The van der Waals surface area contributed by atoms with Crippen LogP contribution in [-0.2, 0) is 9.53 Å². The van der Waals surface area contributed by atoms with Crippen molar-refractivity contribution < 1.29 is 14.3 Å². The van der Waals surface area contributed by atoms with E-state index in [4.69, 9.17) is 10.5 Å². The molecule has 0 aliphatic rings. The molecule has 1 unspecified atom stereocenters. The van der Waals surface area contributed by atoms with Gasteiger partial charge in [0.05, 0.1) is 5.56 Å². The van der Waals surface area contributed by atoms with Gasteiger partial charge in [-0.15, -0.1) is 0 Å². The molecule has 0 aliphatic heterocycles. The van der Waals surface area contributed by atoms with Crippen molar-refractivity contribution in [3.63, 3.8) is 0 Å². The number of ether oxygens (including phenoxy) is 1. The summed E-state index contributed by atoms with van der Waals surface area (Å²) in [6, 6.07) is 9.95. The molecule has 1 aromatic carbocycles. The van der Waals surface area contributed by atoms with Gasteiger partial charge in [0.25, 0.3) is 5.91 Å². The van der Waals surface area contributed by atoms with Gasteiger partial charge in [0.2, 0.25) is 0 Å². The van der Waals surface area contributed by atoms with Crippen LogP contribution in [0.4, 0.5) is 11.5 Å². The smallest absolute Gasteiger partial charge is 0.338 e. The van der Waals surface area contributed by atoms with Crippen molar-refractivity contribution in [1.82, 2.24) is 4.98 Å². The molecule has 0 aliphatic carbocycles. The lowest BCUT2D eigenvalue weighted by molar-refractivity contribution is -0.124. The number of esters is 1. The molecular weight excluding hydrogens is 294 g/mol. The monoisotopic (exact) mass is 313 g/mol. The van der Waals surface area contributed by atoms with Crippen LogP contribution in [0.3, 0.4) is 0 Å². The van der Waals surface area contributed by atoms with Gasteiger partial charge in [-0.1, -0.05) is 13.0 Å². The van der Waals surface area contributed by atoms with Gasteiger partial charge in [-0.2, -0.15) is 0 Å². The molecule has 1 heterocycles. The van der Waals surface area contributed by atoms with E-state index in [-0.39, 0.29) is 0 Å². The van der Waals surface area contributed by atoms with Crippen LogP contribution in [0.1, 0.15) is 29.3 Å². The number of anilines is 2. The van der Waals surface area contributed by atoms with Crippen LogP contribution in [0.25, 0.3) is 0 Å². The normalized spacial score (nSPS) is 11.6. The first-order valence-corrected chi connectivity index (χ1v) is 7.30. The molecule has 2 rings (SSSR count). The molecule has 6 nitrogen and oxygen atoms in total. The van der Waals surface area contributed by atoms with Crippen molar-refractivity contribution in [1.29, 1.82) is 0 Å². The van der Waals surface area contributed by atoms with E-state index < -0.39 is 18.0 Å². The van der Waals surface area contributed by atoms with Crippen molar-refractivity contribution >= 4 is 23.4 Å². The predicted octanol–water partition coefficient (Wildman–Crippen LogP) is 2.55. The first-order chi connectivity index (χ1) is 11.0. The van der Waals surface area contributed by atoms with Gasteiger partial charge in [-0.25, -0.2) is 9.78 Å². The van der Waals surface area contributed by atoms with E-state index >= 15 is 0 Å². The van der Waals surface area contributed by atoms with Gasteiger partial charge < -0.3 is 15.8 Å². The summed E-state index contributed by atoms with van der Waals surface area (Å²) < 4.78 is 5.28. The molecule has 1 amide bonds. The lowest BCUT2D eigenvalue weighted by atomic mass is 10.2. The highest BCUT2D eigenvalue weighted by Gasteiger charge is 2.22. The van der Waals surface area contributed by atoms with Crippen LogP contribution in [0.15, 0.2) is 42.6 Å². The summed E-state index contributed by atoms with van der Waals surface area (Å²) in [5.41, 5.74) is 7.31. The third-order valence-corrected chi connectivity index (χ3v) is 3.31. The Balaban J connectivity index is 2.04. The topological polar surface area (TPSA) is 94.3 Å². The molecule has 1 atom stereocenters. The summed E-state index contributed by atoms with van der Waals surface area (Å²) in [6.45, 7) is 3.61. The maximum absolute atomic E-state index is 12.3. The van der Waals surface area contributed by atoms with Crippen molar-refractivity contribution in [2.24, 2.45) is 0 Å². The number of nitrogen functional groups attached to an aromatic ring is 1. The minimum atomic E-state index is -0.888. The summed E-state index contributed by atoms with van der Waals surface area (Å²) in [7, 11) is 0. The number of benzene rings is 1. The fourth-order valence-corrected chi connectivity index (χ4v) is 1.95. The fraction of sp³-hybridized carbons (Fsp3) is 0.235. The highest BCUT2D eigenvalue weighted by atomic mass is 16.5. The number of carbonyl (C=O) groups excluding carboxylic acids is 2. The number of aromatic nitrogens is 1. The first-order valence-electron chi connectivity index (χ1n) is 7.30. The van der Waals surface area contributed by atoms with Gasteiger partial charge in [0.1, 0.15) is 5.82 Å². The van der Waals surface area contributed by atoms with Gasteiger partial charge in [-0.05, 0) is 49.2 Å². The van der Waals surface area contributed by atoms with E-state index in [1.807, 2.05) is 13.0 Å². The molecule has 120 valence electrons. The Morgan fingerprint density at radius 1 is 1.26 bits per heavy atom. The van der Waals surface area contributed by atoms with E-state index in [1.54, 1.807) is 43.5 Å². The van der Waals surface area contributed by atoms with Gasteiger partial charge >= 0.3 is 5.97 Å². The van der Waals surface area contributed by atoms with Crippen molar-refractivity contribution in [3.05, 3.63) is 53.7 Å². The maximum atomic E-state index is 12.3. The minimum absolute atomic E-state index is 0.347. The van der Waals surface area contributed by atoms with E-state index in [1.165, 1.54) is 0 Å². The number of amides is 1. The van der Waals surface area contributed by atoms with Crippen LogP contribution >= 0.6 is 0 Å². The lowest BCUT2D eigenvalue weighted by Gasteiger charge is -2.16. The number of pyridine rings is 1. The second kappa shape index (κ2) is 7.40. The second-order valence-corrected chi connectivity index (χ2v) is 5.08. The molecule has 3 N–H and O–H groups in total. The standard InChI is InChI=1S/C17H19N3O3/c1-3-14(16(21)20-15-11(2)5-4-10-19-15)23-17(22)12-6-8-13(18)9-7-12/h4-10,14H,3,18H2,1-2H3,(H,19,20,21). The fourth-order valence-electron chi connectivity index (χ4n) is 1.95. The highest BCUT2D eigenvalue weighted by Crippen LogP contribution is 2.13. The summed E-state index contributed by atoms with van der Waals surface area (Å²) in [5.74, 6) is -0.512. The number of aryl methyl sites for hydroxylation is 1. The van der Waals surface area contributed by atoms with Crippen molar-refractivity contribution in [3.8, 4) is 0 Å². The third kappa shape index (κ3) is 4.29. The molecule has 0 saturated heterocycles. The number of nitrogens with two attached hydrogens (primary N) is 1. The summed E-state index contributed by atoms with van der Waals surface area (Å²) in [5, 5.41) is 2.68. The third-order valence-electron chi connectivity index (χ3n) is 3.31. The molecular formula is C17H19N3O3. The van der Waals surface area contributed by atoms with E-state index in [0.717, 1.165) is 5.56 Å². The molecule has 0 bridgehead atoms. The summed E-state index contributed by atoms with van der Waals surface area (Å²) in [4.78, 5) is 28.5. The minimum Gasteiger partial charge on any atom is -0.449 e. The first kappa shape index (κ1) is 16.5. The average molecular weight is 313 g/mol. The van der Waals surface area contributed by atoms with E-state index in [0.29, 0.717) is 23.5 Å².